The molecule has 2 atom stereocenters. The van der Waals surface area contributed by atoms with Crippen LogP contribution in [0.15, 0.2) is 0 Å². The lowest BCUT2D eigenvalue weighted by Gasteiger charge is -2.24. The molecular weight excluding hydrogens is 304 g/mol. The van der Waals surface area contributed by atoms with E-state index in [1.807, 2.05) is 0 Å². The zero-order valence-corrected chi connectivity index (χ0v) is 13.0. The third-order valence-corrected chi connectivity index (χ3v) is 7.44. The number of carbonyl (C=O) groups excluding carboxylic acids is 1. The number of nitrogens with zero attached hydrogens (tertiary/aromatic N) is 1. The van der Waals surface area contributed by atoms with Crippen LogP contribution in [0.5, 0.6) is 0 Å². The second-order valence-electron chi connectivity index (χ2n) is 5.54. The summed E-state index contributed by atoms with van der Waals surface area (Å²) in [7, 11) is -4.38. The summed E-state index contributed by atoms with van der Waals surface area (Å²) < 4.78 is 45.4. The van der Waals surface area contributed by atoms with Crippen LogP contribution in [-0.2, 0) is 24.5 Å². The lowest BCUT2D eigenvalue weighted by Crippen LogP contribution is -2.45. The lowest BCUT2D eigenvalue weighted by atomic mass is 10.2. The Balaban J connectivity index is 1.81. The second kappa shape index (κ2) is 5.61. The van der Waals surface area contributed by atoms with E-state index in [-0.39, 0.29) is 47.5 Å². The molecule has 9 heteroatoms. The predicted molar refractivity (Wildman–Crippen MR) is 74.9 cm³/mol. The van der Waals surface area contributed by atoms with Crippen molar-refractivity contribution in [2.75, 3.05) is 36.6 Å². The Kier molecular flexibility index (Phi) is 4.41. The van der Waals surface area contributed by atoms with E-state index in [9.17, 15) is 21.6 Å². The van der Waals surface area contributed by atoms with Crippen molar-refractivity contribution in [3.05, 3.63) is 0 Å². The van der Waals surface area contributed by atoms with E-state index in [0.717, 1.165) is 0 Å². The molecule has 20 heavy (non-hydrogen) atoms. The van der Waals surface area contributed by atoms with Gasteiger partial charge in [0.15, 0.2) is 19.7 Å². The van der Waals surface area contributed by atoms with Gasteiger partial charge >= 0.3 is 0 Å². The highest BCUT2D eigenvalue weighted by Crippen LogP contribution is 2.16. The van der Waals surface area contributed by atoms with E-state index in [1.54, 1.807) is 7.05 Å². The van der Waals surface area contributed by atoms with Crippen molar-refractivity contribution >= 4 is 25.6 Å². The van der Waals surface area contributed by atoms with Gasteiger partial charge < -0.3 is 10.2 Å². The summed E-state index contributed by atoms with van der Waals surface area (Å²) >= 11 is 0. The molecule has 2 rings (SSSR count). The van der Waals surface area contributed by atoms with Crippen LogP contribution < -0.4 is 5.32 Å². The van der Waals surface area contributed by atoms with Gasteiger partial charge in [-0.15, -0.1) is 0 Å². The highest BCUT2D eigenvalue weighted by molar-refractivity contribution is 7.91. The molecule has 0 radical (unpaired) electrons. The number of amides is 1. The summed E-state index contributed by atoms with van der Waals surface area (Å²) in [6.07, 6.45) is 1.000. The fourth-order valence-electron chi connectivity index (χ4n) is 2.60. The Morgan fingerprint density at radius 3 is 2.20 bits per heavy atom. The van der Waals surface area contributed by atoms with Crippen LogP contribution in [-0.4, -0.2) is 76.3 Å². The Hall–Kier alpha value is -0.670. The Morgan fingerprint density at radius 2 is 1.70 bits per heavy atom. The number of nitrogens with one attached hydrogen (secondary N) is 1. The molecule has 0 saturated carbocycles. The fourth-order valence-corrected chi connectivity index (χ4v) is 6.08. The molecule has 0 aromatic heterocycles. The zero-order valence-electron chi connectivity index (χ0n) is 11.4. The van der Waals surface area contributed by atoms with Crippen LogP contribution in [0.2, 0.25) is 0 Å². The summed E-state index contributed by atoms with van der Waals surface area (Å²) in [4.78, 5) is 13.4. The monoisotopic (exact) mass is 324 g/mol. The first-order chi connectivity index (χ1) is 9.19. The zero-order chi connectivity index (χ0) is 15.0. The molecule has 116 valence electrons. The second-order valence-corrected chi connectivity index (χ2v) is 10.00. The molecule has 2 fully saturated rings. The van der Waals surface area contributed by atoms with Gasteiger partial charge in [-0.25, -0.2) is 16.8 Å². The maximum atomic E-state index is 12.0. The van der Waals surface area contributed by atoms with E-state index in [1.165, 1.54) is 4.90 Å². The molecule has 0 spiro atoms. The third kappa shape index (κ3) is 3.92. The average molecular weight is 324 g/mol. The van der Waals surface area contributed by atoms with E-state index >= 15 is 0 Å². The van der Waals surface area contributed by atoms with Crippen LogP contribution in [0, 0.1) is 0 Å². The molecule has 0 bridgehead atoms. The number of likely N-dealkylation sites (N-methyl/N-ethyl adjacent to an activating group) is 1. The highest BCUT2D eigenvalue weighted by atomic mass is 32.2. The molecule has 1 N–H and O–H groups in total. The van der Waals surface area contributed by atoms with E-state index in [4.69, 9.17) is 0 Å². The molecule has 1 amide bonds. The van der Waals surface area contributed by atoms with Crippen molar-refractivity contribution in [3.63, 3.8) is 0 Å². The standard InChI is InChI=1S/C11H20N2O5S2/c1-13(10-3-5-20(17,18)8-10)11(14)6-12-9-2-4-19(15,16)7-9/h9-10,12H,2-8H2,1H3/t9-,10-/m0/s1. The quantitative estimate of drug-likeness (QED) is 0.669. The molecule has 7 nitrogen and oxygen atoms in total. The maximum Gasteiger partial charge on any atom is 0.236 e. The topological polar surface area (TPSA) is 101 Å². The van der Waals surface area contributed by atoms with Gasteiger partial charge in [-0.3, -0.25) is 4.79 Å². The van der Waals surface area contributed by atoms with Crippen molar-refractivity contribution in [1.82, 2.24) is 10.2 Å². The van der Waals surface area contributed by atoms with Gasteiger partial charge in [-0.1, -0.05) is 0 Å². The molecular formula is C11H20N2O5S2. The van der Waals surface area contributed by atoms with E-state index in [2.05, 4.69) is 5.32 Å². The Morgan fingerprint density at radius 1 is 1.10 bits per heavy atom. The van der Waals surface area contributed by atoms with Gasteiger partial charge in [-0.05, 0) is 12.8 Å². The summed E-state index contributed by atoms with van der Waals surface area (Å²) in [6, 6.07) is -0.439. The first kappa shape index (κ1) is 15.7. The number of hydrogen-bond acceptors (Lipinski definition) is 6. The first-order valence-corrected chi connectivity index (χ1v) is 10.2. The Bertz CT molecular complexity index is 584. The van der Waals surface area contributed by atoms with Crippen LogP contribution in [0.4, 0.5) is 0 Å². The number of rotatable bonds is 4. The summed E-state index contributed by atoms with van der Waals surface area (Å²) in [5, 5.41) is 2.94. The van der Waals surface area contributed by atoms with Crippen molar-refractivity contribution in [2.45, 2.75) is 24.9 Å². The third-order valence-electron chi connectivity index (χ3n) is 3.92. The molecule has 0 aromatic rings. The maximum absolute atomic E-state index is 12.0. The van der Waals surface area contributed by atoms with Crippen LogP contribution in [0.25, 0.3) is 0 Å². The summed E-state index contributed by atoms with van der Waals surface area (Å²) in [5.41, 5.74) is 0. The molecule has 0 aromatic carbocycles. The molecule has 2 saturated heterocycles. The predicted octanol–water partition coefficient (Wildman–Crippen LogP) is -1.59. The van der Waals surface area contributed by atoms with Gasteiger partial charge in [0.05, 0.1) is 29.6 Å². The molecule has 2 aliphatic rings. The fraction of sp³-hybridized carbons (Fsp3) is 0.909. The van der Waals surface area contributed by atoms with Gasteiger partial charge in [0.25, 0.3) is 0 Å². The summed E-state index contributed by atoms with van der Waals surface area (Å²) in [5.74, 6) is 0.185. The first-order valence-electron chi connectivity index (χ1n) is 6.58. The van der Waals surface area contributed by atoms with E-state index in [0.29, 0.717) is 12.8 Å². The molecule has 0 aliphatic carbocycles. The SMILES string of the molecule is CN(C(=O)CN[C@H]1CCS(=O)(=O)C1)[C@H]1CCS(=O)(=O)C1. The van der Waals surface area contributed by atoms with Crippen LogP contribution in [0.3, 0.4) is 0 Å². The lowest BCUT2D eigenvalue weighted by molar-refractivity contribution is -0.130. The number of sulfone groups is 2. The highest BCUT2D eigenvalue weighted by Gasteiger charge is 2.33. The van der Waals surface area contributed by atoms with Gasteiger partial charge in [-0.2, -0.15) is 0 Å². The van der Waals surface area contributed by atoms with Crippen LogP contribution >= 0.6 is 0 Å². The van der Waals surface area contributed by atoms with Crippen molar-refractivity contribution in [1.29, 1.82) is 0 Å². The smallest absolute Gasteiger partial charge is 0.236 e. The Labute approximate surface area is 119 Å². The van der Waals surface area contributed by atoms with Gasteiger partial charge in [0.1, 0.15) is 0 Å². The average Bonchev–Trinajstić information content (AvgIpc) is 2.87. The molecule has 2 heterocycles. The number of hydrogen-bond donors (Lipinski definition) is 1. The van der Waals surface area contributed by atoms with Crippen molar-refractivity contribution in [3.8, 4) is 0 Å². The minimum Gasteiger partial charge on any atom is -0.341 e. The van der Waals surface area contributed by atoms with E-state index < -0.39 is 19.7 Å². The molecule has 2 aliphatic heterocycles. The van der Waals surface area contributed by atoms with Crippen LogP contribution in [0.1, 0.15) is 12.8 Å². The van der Waals surface area contributed by atoms with Gasteiger partial charge in [0.2, 0.25) is 5.91 Å². The number of carbonyl (C=O) groups is 1. The minimum absolute atomic E-state index is 0.0209. The van der Waals surface area contributed by atoms with Gasteiger partial charge in [0, 0.05) is 19.1 Å². The van der Waals surface area contributed by atoms with Crippen molar-refractivity contribution in [2.24, 2.45) is 0 Å². The largest absolute Gasteiger partial charge is 0.341 e. The minimum atomic E-state index is -3.01. The van der Waals surface area contributed by atoms with Crippen molar-refractivity contribution < 1.29 is 21.6 Å². The summed E-state index contributed by atoms with van der Waals surface area (Å²) in [6.45, 7) is 0.0488. The molecule has 0 unspecified atom stereocenters. The normalized spacial score (nSPS) is 31.2.